The first kappa shape index (κ1) is 15.2. The number of amides is 3. The fourth-order valence-electron chi connectivity index (χ4n) is 1.90. The molecule has 0 saturated heterocycles. The Bertz CT molecular complexity index is 541. The number of urea groups is 1. The summed E-state index contributed by atoms with van der Waals surface area (Å²) in [4.78, 5) is 23.5. The molecule has 21 heavy (non-hydrogen) atoms. The lowest BCUT2D eigenvalue weighted by atomic mass is 10.2. The number of benzene rings is 1. The molecule has 0 heterocycles. The van der Waals surface area contributed by atoms with E-state index in [1.54, 1.807) is 14.0 Å². The molecule has 1 aromatic carbocycles. The zero-order valence-electron chi connectivity index (χ0n) is 12.5. The highest BCUT2D eigenvalue weighted by atomic mass is 16.5. The summed E-state index contributed by atoms with van der Waals surface area (Å²) >= 11 is 0. The highest BCUT2D eigenvalue weighted by molar-refractivity contribution is 5.98. The second kappa shape index (κ2) is 6.47. The Morgan fingerprint density at radius 2 is 2.05 bits per heavy atom. The summed E-state index contributed by atoms with van der Waals surface area (Å²) in [5.41, 5.74) is 1.78. The number of hydrogen-bond acceptors (Lipinski definition) is 4. The molecular formula is C15H21N3O3. The molecule has 6 nitrogen and oxygen atoms in total. The molecule has 0 spiro atoms. The van der Waals surface area contributed by atoms with Gasteiger partial charge in [0, 0.05) is 6.04 Å². The van der Waals surface area contributed by atoms with Crippen LogP contribution in [0.2, 0.25) is 0 Å². The number of aryl methyl sites for hydroxylation is 1. The van der Waals surface area contributed by atoms with E-state index in [0.29, 0.717) is 5.75 Å². The van der Waals surface area contributed by atoms with E-state index in [9.17, 15) is 9.59 Å². The molecule has 1 saturated carbocycles. The van der Waals surface area contributed by atoms with Gasteiger partial charge in [0.1, 0.15) is 11.8 Å². The Morgan fingerprint density at radius 3 is 2.67 bits per heavy atom. The van der Waals surface area contributed by atoms with Crippen LogP contribution in [0.1, 0.15) is 25.3 Å². The summed E-state index contributed by atoms with van der Waals surface area (Å²) in [6.45, 7) is 3.65. The number of imide groups is 1. The van der Waals surface area contributed by atoms with Crippen molar-refractivity contribution >= 4 is 17.6 Å². The minimum atomic E-state index is -0.550. The minimum Gasteiger partial charge on any atom is -0.495 e. The van der Waals surface area contributed by atoms with Gasteiger partial charge in [0.05, 0.1) is 12.8 Å². The summed E-state index contributed by atoms with van der Waals surface area (Å²) in [5, 5.41) is 8.10. The van der Waals surface area contributed by atoms with Crippen LogP contribution in [0, 0.1) is 6.92 Å². The van der Waals surface area contributed by atoms with E-state index in [0.717, 1.165) is 24.1 Å². The maximum Gasteiger partial charge on any atom is 0.321 e. The highest BCUT2D eigenvalue weighted by Crippen LogP contribution is 2.25. The van der Waals surface area contributed by atoms with Crippen molar-refractivity contribution in [3.63, 3.8) is 0 Å². The van der Waals surface area contributed by atoms with Gasteiger partial charge in [-0.3, -0.25) is 10.1 Å². The van der Waals surface area contributed by atoms with Crippen LogP contribution >= 0.6 is 0 Å². The molecule has 3 amide bonds. The number of methoxy groups -OCH3 is 1. The standard InChI is InChI=1S/C15H21N3O3/c1-9-4-7-13(21-3)12(8-9)16-10(2)14(19)18-15(20)17-11-5-6-11/h4,7-8,10-11,16H,5-6H2,1-3H3,(H2,17,18,19,20). The summed E-state index contributed by atoms with van der Waals surface area (Å²) in [6.07, 6.45) is 1.96. The lowest BCUT2D eigenvalue weighted by molar-refractivity contribution is -0.120. The topological polar surface area (TPSA) is 79.5 Å². The fraction of sp³-hybridized carbons (Fsp3) is 0.467. The molecule has 0 aliphatic heterocycles. The molecule has 0 bridgehead atoms. The molecule has 0 radical (unpaired) electrons. The third kappa shape index (κ3) is 4.37. The molecule has 1 atom stereocenters. The first-order valence-electron chi connectivity index (χ1n) is 7.02. The van der Waals surface area contributed by atoms with Crippen molar-refractivity contribution in [2.75, 3.05) is 12.4 Å². The monoisotopic (exact) mass is 291 g/mol. The predicted molar refractivity (Wildman–Crippen MR) is 80.5 cm³/mol. The first-order valence-corrected chi connectivity index (χ1v) is 7.02. The van der Waals surface area contributed by atoms with Gasteiger partial charge in [-0.15, -0.1) is 0 Å². The number of anilines is 1. The van der Waals surface area contributed by atoms with Crippen molar-refractivity contribution in [3.05, 3.63) is 23.8 Å². The maximum absolute atomic E-state index is 12.0. The van der Waals surface area contributed by atoms with Crippen LogP contribution in [0.25, 0.3) is 0 Å². The quantitative estimate of drug-likeness (QED) is 0.773. The van der Waals surface area contributed by atoms with Crippen LogP contribution in [0.5, 0.6) is 5.75 Å². The molecule has 1 fully saturated rings. The van der Waals surface area contributed by atoms with Crippen LogP contribution in [-0.2, 0) is 4.79 Å². The van der Waals surface area contributed by atoms with Gasteiger partial charge in [-0.05, 0) is 44.4 Å². The van der Waals surface area contributed by atoms with E-state index in [2.05, 4.69) is 16.0 Å². The molecule has 2 rings (SSSR count). The average molecular weight is 291 g/mol. The average Bonchev–Trinajstić information content (AvgIpc) is 3.22. The Hall–Kier alpha value is -2.24. The van der Waals surface area contributed by atoms with E-state index >= 15 is 0 Å². The van der Waals surface area contributed by atoms with E-state index in [1.807, 2.05) is 25.1 Å². The predicted octanol–water partition coefficient (Wildman–Crippen LogP) is 1.79. The fourth-order valence-corrected chi connectivity index (χ4v) is 1.90. The van der Waals surface area contributed by atoms with E-state index < -0.39 is 12.1 Å². The summed E-state index contributed by atoms with van der Waals surface area (Å²) in [6, 6.07) is 4.89. The number of nitrogens with one attached hydrogen (secondary N) is 3. The van der Waals surface area contributed by atoms with Crippen LogP contribution in [-0.4, -0.2) is 31.1 Å². The van der Waals surface area contributed by atoms with Gasteiger partial charge in [-0.25, -0.2) is 4.79 Å². The smallest absolute Gasteiger partial charge is 0.321 e. The Labute approximate surface area is 124 Å². The van der Waals surface area contributed by atoms with Gasteiger partial charge in [-0.2, -0.15) is 0 Å². The van der Waals surface area contributed by atoms with Crippen molar-refractivity contribution in [1.82, 2.24) is 10.6 Å². The van der Waals surface area contributed by atoms with Crippen molar-refractivity contribution < 1.29 is 14.3 Å². The normalized spacial score (nSPS) is 15.0. The van der Waals surface area contributed by atoms with E-state index in [1.165, 1.54) is 0 Å². The third-order valence-electron chi connectivity index (χ3n) is 3.27. The van der Waals surface area contributed by atoms with Gasteiger partial charge in [0.25, 0.3) is 0 Å². The van der Waals surface area contributed by atoms with Gasteiger partial charge >= 0.3 is 6.03 Å². The molecular weight excluding hydrogens is 270 g/mol. The lowest BCUT2D eigenvalue weighted by Crippen LogP contribution is -2.46. The Morgan fingerprint density at radius 1 is 1.33 bits per heavy atom. The van der Waals surface area contributed by atoms with Gasteiger partial charge < -0.3 is 15.4 Å². The highest BCUT2D eigenvalue weighted by Gasteiger charge is 2.25. The van der Waals surface area contributed by atoms with Crippen LogP contribution < -0.4 is 20.7 Å². The van der Waals surface area contributed by atoms with Crippen molar-refractivity contribution in [1.29, 1.82) is 0 Å². The number of carbonyl (C=O) groups is 2. The SMILES string of the molecule is COc1ccc(C)cc1NC(C)C(=O)NC(=O)NC1CC1. The molecule has 114 valence electrons. The maximum atomic E-state index is 12.0. The van der Waals surface area contributed by atoms with Crippen LogP contribution in [0.15, 0.2) is 18.2 Å². The van der Waals surface area contributed by atoms with Crippen LogP contribution in [0.4, 0.5) is 10.5 Å². The second-order valence-electron chi connectivity index (χ2n) is 5.31. The van der Waals surface area contributed by atoms with Gasteiger partial charge in [0.2, 0.25) is 5.91 Å². The molecule has 3 N–H and O–H groups in total. The number of hydrogen-bond donors (Lipinski definition) is 3. The minimum absolute atomic E-state index is 0.220. The number of ether oxygens (including phenoxy) is 1. The molecule has 1 aliphatic carbocycles. The Balaban J connectivity index is 1.93. The molecule has 0 aromatic heterocycles. The van der Waals surface area contributed by atoms with Gasteiger partial charge in [0.15, 0.2) is 0 Å². The zero-order chi connectivity index (χ0) is 15.4. The number of rotatable bonds is 5. The second-order valence-corrected chi connectivity index (χ2v) is 5.31. The van der Waals surface area contributed by atoms with Crippen molar-refractivity contribution in [2.45, 2.75) is 38.8 Å². The molecule has 6 heteroatoms. The zero-order valence-corrected chi connectivity index (χ0v) is 12.5. The molecule has 1 unspecified atom stereocenters. The van der Waals surface area contributed by atoms with Crippen LogP contribution in [0.3, 0.4) is 0 Å². The van der Waals surface area contributed by atoms with Gasteiger partial charge in [-0.1, -0.05) is 6.07 Å². The lowest BCUT2D eigenvalue weighted by Gasteiger charge is -2.17. The van der Waals surface area contributed by atoms with E-state index in [4.69, 9.17) is 4.74 Å². The first-order chi connectivity index (χ1) is 9.99. The van der Waals surface area contributed by atoms with E-state index in [-0.39, 0.29) is 11.9 Å². The summed E-state index contributed by atoms with van der Waals surface area (Å²) in [5.74, 6) is 0.277. The number of carbonyl (C=O) groups excluding carboxylic acids is 2. The molecule has 1 aromatic rings. The third-order valence-corrected chi connectivity index (χ3v) is 3.27. The Kier molecular flexibility index (Phi) is 4.67. The molecule has 1 aliphatic rings. The summed E-state index contributed by atoms with van der Waals surface area (Å²) < 4.78 is 5.25. The van der Waals surface area contributed by atoms with Crippen molar-refractivity contribution in [2.24, 2.45) is 0 Å². The summed E-state index contributed by atoms with van der Waals surface area (Å²) in [7, 11) is 1.57. The largest absolute Gasteiger partial charge is 0.495 e. The van der Waals surface area contributed by atoms with Crippen molar-refractivity contribution in [3.8, 4) is 5.75 Å².